The molecule has 0 spiro atoms. The first-order valence-electron chi connectivity index (χ1n) is 6.06. The van der Waals surface area contributed by atoms with Crippen LogP contribution in [0.3, 0.4) is 0 Å². The fraction of sp³-hybridized carbons (Fsp3) is 0.462. The zero-order valence-electron chi connectivity index (χ0n) is 12.3. The van der Waals surface area contributed by atoms with Gasteiger partial charge in [-0.1, -0.05) is 12.1 Å². The molecule has 0 aromatic heterocycles. The van der Waals surface area contributed by atoms with Crippen molar-refractivity contribution in [3.05, 3.63) is 35.4 Å². The summed E-state index contributed by atoms with van der Waals surface area (Å²) in [5, 5.41) is 0. The van der Waals surface area contributed by atoms with E-state index in [0.29, 0.717) is 11.1 Å². The van der Waals surface area contributed by atoms with Crippen molar-refractivity contribution in [2.45, 2.75) is 25.1 Å². The minimum atomic E-state index is -3.50. The number of nitrogens with two attached hydrogens (primary N) is 1. The van der Waals surface area contributed by atoms with Crippen LogP contribution in [0, 0.1) is 0 Å². The van der Waals surface area contributed by atoms with E-state index in [0.717, 1.165) is 0 Å². The number of methoxy groups -OCH3 is 1. The number of rotatable bonds is 6. The zero-order chi connectivity index (χ0) is 15.4. The largest absolute Gasteiger partial charge is 0.465 e. The number of hydrogen-bond donors (Lipinski definition) is 2. The van der Waals surface area contributed by atoms with Gasteiger partial charge < -0.3 is 10.5 Å². The van der Waals surface area contributed by atoms with Gasteiger partial charge in [-0.2, -0.15) is 0 Å². The highest BCUT2D eigenvalue weighted by Crippen LogP contribution is 2.10. The molecule has 0 aliphatic heterocycles. The lowest BCUT2D eigenvalue weighted by atomic mass is 10.1. The van der Waals surface area contributed by atoms with Crippen molar-refractivity contribution in [1.82, 2.24) is 4.72 Å². The maximum atomic E-state index is 11.9. The Hall–Kier alpha value is -1.15. The quantitative estimate of drug-likeness (QED) is 0.757. The fourth-order valence-corrected chi connectivity index (χ4v) is 2.78. The summed E-state index contributed by atoms with van der Waals surface area (Å²) >= 11 is 0. The Morgan fingerprint density at radius 3 is 2.52 bits per heavy atom. The van der Waals surface area contributed by atoms with Gasteiger partial charge in [0.15, 0.2) is 0 Å². The van der Waals surface area contributed by atoms with Gasteiger partial charge in [0.25, 0.3) is 0 Å². The SMILES string of the molecule is COC(=O)c1cccc(CS(=O)(=O)NCC(C)(C)N)c1.Cl. The monoisotopic (exact) mass is 336 g/mol. The molecule has 1 rings (SSSR count). The smallest absolute Gasteiger partial charge is 0.337 e. The second kappa shape index (κ2) is 7.74. The van der Waals surface area contributed by atoms with Crippen LogP contribution in [0.1, 0.15) is 29.8 Å². The van der Waals surface area contributed by atoms with Gasteiger partial charge >= 0.3 is 5.97 Å². The summed E-state index contributed by atoms with van der Waals surface area (Å²) in [7, 11) is -2.22. The summed E-state index contributed by atoms with van der Waals surface area (Å²) in [6.07, 6.45) is 0. The van der Waals surface area contributed by atoms with Gasteiger partial charge in [0.1, 0.15) is 0 Å². The molecule has 0 heterocycles. The van der Waals surface area contributed by atoms with Crippen LogP contribution in [0.15, 0.2) is 24.3 Å². The van der Waals surface area contributed by atoms with Crippen molar-refractivity contribution in [3.8, 4) is 0 Å². The maximum Gasteiger partial charge on any atom is 0.337 e. The molecule has 0 unspecified atom stereocenters. The zero-order valence-corrected chi connectivity index (χ0v) is 13.9. The summed E-state index contributed by atoms with van der Waals surface area (Å²) in [6, 6.07) is 6.32. The van der Waals surface area contributed by atoms with Crippen molar-refractivity contribution < 1.29 is 17.9 Å². The first-order chi connectivity index (χ1) is 9.13. The maximum absolute atomic E-state index is 11.9. The van der Waals surface area contributed by atoms with E-state index < -0.39 is 21.5 Å². The molecule has 3 N–H and O–H groups in total. The number of benzene rings is 1. The molecule has 0 aliphatic carbocycles. The predicted molar refractivity (Wildman–Crippen MR) is 83.9 cm³/mol. The van der Waals surface area contributed by atoms with E-state index in [-0.39, 0.29) is 24.7 Å². The normalized spacial score (nSPS) is 11.6. The summed E-state index contributed by atoms with van der Waals surface area (Å²) < 4.78 is 30.9. The van der Waals surface area contributed by atoms with E-state index in [1.165, 1.54) is 13.2 Å². The van der Waals surface area contributed by atoms with E-state index >= 15 is 0 Å². The highest BCUT2D eigenvalue weighted by atomic mass is 35.5. The minimum absolute atomic E-state index is 0. The van der Waals surface area contributed by atoms with E-state index in [2.05, 4.69) is 9.46 Å². The molecule has 0 aliphatic rings. The van der Waals surface area contributed by atoms with Crippen LogP contribution < -0.4 is 10.5 Å². The topological polar surface area (TPSA) is 98.5 Å². The summed E-state index contributed by atoms with van der Waals surface area (Å²) in [5.41, 5.74) is 5.93. The number of carbonyl (C=O) groups excluding carboxylic acids is 1. The number of nitrogens with one attached hydrogen (secondary N) is 1. The molecule has 6 nitrogen and oxygen atoms in total. The Labute approximate surface area is 131 Å². The van der Waals surface area contributed by atoms with Crippen LogP contribution >= 0.6 is 12.4 Å². The molecular formula is C13H21ClN2O4S. The second-order valence-corrected chi connectivity index (χ2v) is 7.07. The summed E-state index contributed by atoms with van der Waals surface area (Å²) in [5.74, 6) is -0.714. The van der Waals surface area contributed by atoms with Gasteiger partial charge in [-0.05, 0) is 31.5 Å². The molecule has 0 fully saturated rings. The third kappa shape index (κ3) is 7.42. The van der Waals surface area contributed by atoms with Crippen LogP contribution in [0.4, 0.5) is 0 Å². The first kappa shape index (κ1) is 19.9. The number of hydrogen-bond acceptors (Lipinski definition) is 5. The van der Waals surface area contributed by atoms with Crippen molar-refractivity contribution in [2.75, 3.05) is 13.7 Å². The molecule has 0 bridgehead atoms. The van der Waals surface area contributed by atoms with Crippen molar-refractivity contribution in [3.63, 3.8) is 0 Å². The Morgan fingerprint density at radius 1 is 1.38 bits per heavy atom. The predicted octanol–water partition coefficient (Wildman–Crippen LogP) is 1.05. The van der Waals surface area contributed by atoms with Crippen molar-refractivity contribution in [1.29, 1.82) is 0 Å². The average Bonchev–Trinajstić information content (AvgIpc) is 2.35. The van der Waals surface area contributed by atoms with Gasteiger partial charge in [0.05, 0.1) is 18.4 Å². The molecule has 21 heavy (non-hydrogen) atoms. The lowest BCUT2D eigenvalue weighted by molar-refractivity contribution is 0.0600. The Bertz CT molecular complexity index is 582. The van der Waals surface area contributed by atoms with Crippen LogP contribution in [0.25, 0.3) is 0 Å². The molecule has 0 saturated carbocycles. The van der Waals surface area contributed by atoms with Gasteiger partial charge in [0, 0.05) is 12.1 Å². The Kier molecular flexibility index (Phi) is 7.32. The number of halogens is 1. The van der Waals surface area contributed by atoms with Crippen LogP contribution in [0.2, 0.25) is 0 Å². The molecule has 120 valence electrons. The molecule has 1 aromatic rings. The molecule has 1 aromatic carbocycles. The molecule has 0 amide bonds. The van der Waals surface area contributed by atoms with E-state index in [1.54, 1.807) is 32.0 Å². The summed E-state index contributed by atoms with van der Waals surface area (Å²) in [4.78, 5) is 11.4. The highest BCUT2D eigenvalue weighted by Gasteiger charge is 2.17. The van der Waals surface area contributed by atoms with Crippen LogP contribution in [-0.2, 0) is 20.5 Å². The number of carbonyl (C=O) groups is 1. The number of esters is 1. The minimum Gasteiger partial charge on any atom is -0.465 e. The van der Waals surface area contributed by atoms with Gasteiger partial charge in [0.2, 0.25) is 10.0 Å². The van der Waals surface area contributed by atoms with Gasteiger partial charge in [-0.15, -0.1) is 12.4 Å². The Balaban J connectivity index is 0.00000400. The molecular weight excluding hydrogens is 316 g/mol. The van der Waals surface area contributed by atoms with E-state index in [4.69, 9.17) is 5.73 Å². The summed E-state index contributed by atoms with van der Waals surface area (Å²) in [6.45, 7) is 3.60. The molecule has 0 atom stereocenters. The highest BCUT2D eigenvalue weighted by molar-refractivity contribution is 7.88. The molecule has 0 radical (unpaired) electrons. The third-order valence-corrected chi connectivity index (χ3v) is 3.75. The first-order valence-corrected chi connectivity index (χ1v) is 7.72. The molecule has 8 heteroatoms. The average molecular weight is 337 g/mol. The number of ether oxygens (including phenoxy) is 1. The van der Waals surface area contributed by atoms with E-state index in [1.807, 2.05) is 0 Å². The van der Waals surface area contributed by atoms with Gasteiger partial charge in [-0.25, -0.2) is 17.9 Å². The number of sulfonamides is 1. The third-order valence-electron chi connectivity index (χ3n) is 2.45. The van der Waals surface area contributed by atoms with Crippen LogP contribution in [0.5, 0.6) is 0 Å². The fourth-order valence-electron chi connectivity index (χ4n) is 1.47. The standard InChI is InChI=1S/C13H20N2O4S.ClH/c1-13(2,14)9-15-20(17,18)8-10-5-4-6-11(7-10)12(16)19-3;/h4-7,15H,8-9,14H2,1-3H3;1H. The lowest BCUT2D eigenvalue weighted by Gasteiger charge is -2.19. The van der Waals surface area contributed by atoms with E-state index in [9.17, 15) is 13.2 Å². The van der Waals surface area contributed by atoms with Crippen molar-refractivity contribution in [2.24, 2.45) is 5.73 Å². The lowest BCUT2D eigenvalue weighted by Crippen LogP contribution is -2.45. The molecule has 0 saturated heterocycles. The van der Waals surface area contributed by atoms with Crippen LogP contribution in [-0.4, -0.2) is 33.6 Å². The van der Waals surface area contributed by atoms with Gasteiger partial charge in [-0.3, -0.25) is 0 Å². The van der Waals surface area contributed by atoms with Crippen molar-refractivity contribution >= 4 is 28.4 Å². The second-order valence-electron chi connectivity index (χ2n) is 5.26. The Morgan fingerprint density at radius 2 is 2.00 bits per heavy atom.